The Morgan fingerprint density at radius 3 is 2.87 bits per heavy atom. The molecule has 0 radical (unpaired) electrons. The Bertz CT molecular complexity index is 562. The van der Waals surface area contributed by atoms with Gasteiger partial charge in [-0.05, 0) is 53.0 Å². The molecule has 3 N–H and O–H groups in total. The minimum absolute atomic E-state index is 0.403. The average molecular weight is 397 g/mol. The van der Waals surface area contributed by atoms with E-state index in [1.807, 2.05) is 18.2 Å². The van der Waals surface area contributed by atoms with Crippen LogP contribution in [0.1, 0.15) is 0 Å². The van der Waals surface area contributed by atoms with Crippen LogP contribution in [0, 0.1) is 8.34 Å². The summed E-state index contributed by atoms with van der Waals surface area (Å²) < 4.78 is 3.81. The van der Waals surface area contributed by atoms with Gasteiger partial charge in [-0.2, -0.15) is 5.10 Å². The van der Waals surface area contributed by atoms with Crippen LogP contribution in [0.3, 0.4) is 0 Å². The predicted molar refractivity (Wildman–Crippen MR) is 73.4 cm³/mol. The molecule has 0 fully saturated rings. The highest BCUT2D eigenvalue weighted by atomic mass is 127. The smallest absolute Gasteiger partial charge is 0.214 e. The van der Waals surface area contributed by atoms with Crippen LogP contribution in [0.5, 0.6) is 0 Å². The van der Waals surface area contributed by atoms with Crippen molar-refractivity contribution < 1.29 is 0 Å². The molecule has 0 atom stereocenters. The fraction of sp³-hybridized carbons (Fsp3) is 0. The van der Waals surface area contributed by atoms with Crippen LogP contribution in [0.4, 0.5) is 0 Å². The van der Waals surface area contributed by atoms with Gasteiger partial charge in [-0.3, -0.25) is 0 Å². The van der Waals surface area contributed by atoms with Crippen molar-refractivity contribution in [3.63, 3.8) is 0 Å². The maximum atomic E-state index is 5.75. The lowest BCUT2D eigenvalue weighted by Gasteiger charge is -2.03. The highest BCUT2D eigenvalue weighted by Crippen LogP contribution is 2.26. The van der Waals surface area contributed by atoms with Crippen molar-refractivity contribution in [1.29, 1.82) is 0 Å². The molecule has 0 aliphatic rings. The molecule has 0 aliphatic heterocycles. The van der Waals surface area contributed by atoms with Gasteiger partial charge in [0, 0.05) is 13.6 Å². The molecule has 2 aromatic rings. The number of rotatable bonds is 1. The third kappa shape index (κ3) is 2.08. The molecule has 2 rings (SSSR count). The van der Waals surface area contributed by atoms with Gasteiger partial charge in [0.15, 0.2) is 5.82 Å². The summed E-state index contributed by atoms with van der Waals surface area (Å²) in [5.41, 5.74) is 0.944. The summed E-state index contributed by atoms with van der Waals surface area (Å²) in [4.78, 5) is 0. The molecule has 1 heterocycles. The Morgan fingerprint density at radius 2 is 2.27 bits per heavy atom. The van der Waals surface area contributed by atoms with Gasteiger partial charge in [0.1, 0.15) is 0 Å². The fourth-order valence-electron chi connectivity index (χ4n) is 1.16. The first-order valence-corrected chi connectivity index (χ1v) is 6.25. The number of benzene rings is 1. The molecule has 78 valence electrons. The van der Waals surface area contributed by atoms with Crippen LogP contribution in [-0.2, 0) is 0 Å². The molecular formula is C8H6BrIN4S. The van der Waals surface area contributed by atoms with E-state index < -0.39 is 0 Å². The third-order valence-corrected chi connectivity index (χ3v) is 3.60. The second-order valence-corrected chi connectivity index (χ2v) is 5.31. The van der Waals surface area contributed by atoms with E-state index in [1.54, 1.807) is 0 Å². The first-order chi connectivity index (χ1) is 7.09. The van der Waals surface area contributed by atoms with Gasteiger partial charge in [0.25, 0.3) is 0 Å². The second kappa shape index (κ2) is 4.22. The Kier molecular flexibility index (Phi) is 3.12. The quantitative estimate of drug-likeness (QED) is 0.442. The van der Waals surface area contributed by atoms with Crippen LogP contribution in [-0.4, -0.2) is 14.9 Å². The molecule has 1 aromatic carbocycles. The number of hydrogen-bond acceptors (Lipinski definition) is 3. The molecule has 7 heteroatoms. The number of aromatic nitrogens is 3. The van der Waals surface area contributed by atoms with Crippen molar-refractivity contribution >= 4 is 50.7 Å². The van der Waals surface area contributed by atoms with Crippen molar-refractivity contribution in [2.24, 2.45) is 0 Å². The molecular weight excluding hydrogens is 391 g/mol. The van der Waals surface area contributed by atoms with Crippen LogP contribution in [0.2, 0.25) is 0 Å². The summed E-state index contributed by atoms with van der Waals surface area (Å²) in [6.45, 7) is 0. The number of nitrogens with two attached hydrogens (primary N) is 1. The Hall–Kier alpha value is -0.410. The number of H-pyrrole nitrogens is 1. The van der Waals surface area contributed by atoms with Crippen LogP contribution in [0.25, 0.3) is 11.4 Å². The lowest BCUT2D eigenvalue weighted by molar-refractivity contribution is 0.983. The Balaban J connectivity index is 2.68. The number of nitrogen functional groups attached to an aromatic ring is 1. The minimum Gasteiger partial charge on any atom is -0.335 e. The van der Waals surface area contributed by atoms with E-state index in [0.717, 1.165) is 13.6 Å². The van der Waals surface area contributed by atoms with E-state index in [0.29, 0.717) is 10.6 Å². The SMILES string of the molecule is Nn1c(-c2cc(Br)ccc2I)n[nH]c1=S. The second-order valence-electron chi connectivity index (χ2n) is 2.85. The largest absolute Gasteiger partial charge is 0.335 e. The summed E-state index contributed by atoms with van der Waals surface area (Å²) in [6, 6.07) is 5.90. The van der Waals surface area contributed by atoms with Crippen molar-refractivity contribution in [3.05, 3.63) is 31.0 Å². The Morgan fingerprint density at radius 1 is 1.53 bits per heavy atom. The molecule has 0 saturated carbocycles. The molecule has 0 spiro atoms. The van der Waals surface area contributed by atoms with Gasteiger partial charge in [-0.25, -0.2) is 9.77 Å². The van der Waals surface area contributed by atoms with E-state index in [9.17, 15) is 0 Å². The highest BCUT2D eigenvalue weighted by Gasteiger charge is 2.10. The number of aromatic amines is 1. The maximum Gasteiger partial charge on any atom is 0.214 e. The molecule has 0 unspecified atom stereocenters. The highest BCUT2D eigenvalue weighted by molar-refractivity contribution is 14.1. The number of hydrogen-bond donors (Lipinski definition) is 2. The first kappa shape index (κ1) is 11.1. The van der Waals surface area contributed by atoms with Gasteiger partial charge in [-0.15, -0.1) is 0 Å². The molecule has 0 saturated heterocycles. The topological polar surface area (TPSA) is 59.6 Å². The molecule has 1 aromatic heterocycles. The molecule has 0 amide bonds. The molecule has 0 aliphatic carbocycles. The van der Waals surface area contributed by atoms with Crippen molar-refractivity contribution in [2.45, 2.75) is 0 Å². The lowest BCUT2D eigenvalue weighted by Crippen LogP contribution is -2.10. The van der Waals surface area contributed by atoms with E-state index in [-0.39, 0.29) is 0 Å². The van der Waals surface area contributed by atoms with Crippen LogP contribution < -0.4 is 5.84 Å². The predicted octanol–water partition coefficient (Wildman–Crippen LogP) is 2.69. The average Bonchev–Trinajstić information content (AvgIpc) is 2.52. The van der Waals surface area contributed by atoms with Gasteiger partial charge in [-0.1, -0.05) is 15.9 Å². The number of nitrogens with zero attached hydrogens (tertiary/aromatic N) is 2. The molecule has 4 nitrogen and oxygen atoms in total. The van der Waals surface area contributed by atoms with E-state index in [2.05, 4.69) is 48.7 Å². The zero-order valence-corrected chi connectivity index (χ0v) is 11.9. The van der Waals surface area contributed by atoms with Gasteiger partial charge in [0.2, 0.25) is 4.77 Å². The maximum absolute atomic E-state index is 5.75. The zero-order chi connectivity index (χ0) is 11.0. The van der Waals surface area contributed by atoms with Gasteiger partial charge in [0.05, 0.1) is 0 Å². The van der Waals surface area contributed by atoms with Crippen LogP contribution >= 0.6 is 50.7 Å². The normalized spacial score (nSPS) is 10.5. The molecule has 15 heavy (non-hydrogen) atoms. The van der Waals surface area contributed by atoms with E-state index in [1.165, 1.54) is 4.68 Å². The van der Waals surface area contributed by atoms with Crippen molar-refractivity contribution in [3.8, 4) is 11.4 Å². The van der Waals surface area contributed by atoms with Gasteiger partial charge < -0.3 is 5.84 Å². The summed E-state index contributed by atoms with van der Waals surface area (Å²) >= 11 is 10.6. The monoisotopic (exact) mass is 396 g/mol. The van der Waals surface area contributed by atoms with Gasteiger partial charge >= 0.3 is 0 Å². The number of nitrogens with one attached hydrogen (secondary N) is 1. The lowest BCUT2D eigenvalue weighted by atomic mass is 10.2. The minimum atomic E-state index is 0.403. The third-order valence-electron chi connectivity index (χ3n) is 1.87. The van der Waals surface area contributed by atoms with E-state index >= 15 is 0 Å². The summed E-state index contributed by atoms with van der Waals surface area (Å²) in [5.74, 6) is 6.38. The summed E-state index contributed by atoms with van der Waals surface area (Å²) in [6.07, 6.45) is 0. The standard InChI is InChI=1S/C8H6BrIN4S/c9-4-1-2-6(10)5(3-4)7-12-13-8(15)14(7)11/h1-3H,11H2,(H,13,15). The first-order valence-electron chi connectivity index (χ1n) is 3.97. The van der Waals surface area contributed by atoms with Crippen molar-refractivity contribution in [1.82, 2.24) is 14.9 Å². The summed E-state index contributed by atoms with van der Waals surface area (Å²) in [5, 5.41) is 6.74. The van der Waals surface area contributed by atoms with Crippen LogP contribution in [0.15, 0.2) is 22.7 Å². The summed E-state index contributed by atoms with van der Waals surface area (Å²) in [7, 11) is 0. The molecule has 0 bridgehead atoms. The fourth-order valence-corrected chi connectivity index (χ4v) is 2.23. The van der Waals surface area contributed by atoms with E-state index in [4.69, 9.17) is 18.1 Å². The van der Waals surface area contributed by atoms with Crippen molar-refractivity contribution in [2.75, 3.05) is 5.84 Å². The zero-order valence-electron chi connectivity index (χ0n) is 7.37. The number of halogens is 2. The Labute approximate surface area is 113 Å².